The first-order chi connectivity index (χ1) is 21.9. The maximum absolute atomic E-state index is 13.7. The summed E-state index contributed by atoms with van der Waals surface area (Å²) in [5, 5.41) is 0.145. The first kappa shape index (κ1) is 35.0. The monoisotopic (exact) mass is 705 g/mol. The molecule has 11 nitrogen and oxygen atoms in total. The van der Waals surface area contributed by atoms with Gasteiger partial charge in [0.15, 0.2) is 12.5 Å². The maximum Gasteiger partial charge on any atom is 0.573 e. The highest BCUT2D eigenvalue weighted by Gasteiger charge is 2.39. The molecule has 0 atom stereocenters. The number of rotatable bonds is 12. The molecule has 0 saturated carbocycles. The zero-order valence-corrected chi connectivity index (χ0v) is 25.3. The summed E-state index contributed by atoms with van der Waals surface area (Å²) in [6, 6.07) is 12.0. The van der Waals surface area contributed by atoms with Gasteiger partial charge < -0.3 is 9.47 Å². The van der Waals surface area contributed by atoms with Gasteiger partial charge in [-0.1, -0.05) is 24.3 Å². The average molecular weight is 706 g/mol. The molecule has 4 aromatic rings. The number of ketones is 1. The summed E-state index contributed by atoms with van der Waals surface area (Å²) in [5.41, 5.74) is -0.894. The maximum atomic E-state index is 13.7. The first-order valence-electron chi connectivity index (χ1n) is 13.0. The molecule has 4 rings (SSSR count). The van der Waals surface area contributed by atoms with Crippen molar-refractivity contribution in [2.75, 3.05) is 21.9 Å². The molecule has 0 amide bonds. The van der Waals surface area contributed by atoms with E-state index in [9.17, 15) is 52.8 Å². The zero-order valence-electron chi connectivity index (χ0n) is 23.7. The molecule has 250 valence electrons. The lowest BCUT2D eigenvalue weighted by atomic mass is 10.1. The molecule has 0 fully saturated rings. The number of halogens is 6. The second-order valence-corrected chi connectivity index (χ2v) is 13.0. The molecule has 0 aliphatic heterocycles. The summed E-state index contributed by atoms with van der Waals surface area (Å²) in [6.07, 6.45) is -9.20. The Bertz CT molecular complexity index is 2000. The molecular formula is C28H21F6N3O8S2. The number of ether oxygens (including phenoxy) is 2. The van der Waals surface area contributed by atoms with Crippen LogP contribution in [0.15, 0.2) is 88.8 Å². The lowest BCUT2D eigenvalue weighted by Gasteiger charge is -2.27. The Labute approximate surface area is 263 Å². The van der Waals surface area contributed by atoms with E-state index in [1.54, 1.807) is 0 Å². The number of carbonyl (C=O) groups excluding carboxylic acids is 2. The summed E-state index contributed by atoms with van der Waals surface area (Å²) in [5.74, 6) is -3.23. The fourth-order valence-electron chi connectivity index (χ4n) is 4.38. The van der Waals surface area contributed by atoms with Gasteiger partial charge in [-0.25, -0.2) is 26.1 Å². The smallest absolute Gasteiger partial charge is 0.445 e. The van der Waals surface area contributed by atoms with E-state index in [4.69, 9.17) is 4.74 Å². The largest absolute Gasteiger partial charge is 0.573 e. The Balaban J connectivity index is 1.80. The fourth-order valence-corrected chi connectivity index (χ4v) is 7.17. The average Bonchev–Trinajstić information content (AvgIpc) is 3.00. The Morgan fingerprint density at radius 3 is 1.85 bits per heavy atom. The third kappa shape index (κ3) is 7.40. The number of alkyl halides is 6. The predicted octanol–water partition coefficient (Wildman–Crippen LogP) is 5.42. The molecule has 0 aliphatic rings. The van der Waals surface area contributed by atoms with Crippen molar-refractivity contribution in [1.29, 1.82) is 0 Å². The molecule has 0 unspecified atom stereocenters. The van der Waals surface area contributed by atoms with Crippen molar-refractivity contribution in [2.45, 2.75) is 29.3 Å². The summed E-state index contributed by atoms with van der Waals surface area (Å²) in [7, 11) is -9.20. The minimum atomic E-state index is -5.21. The minimum absolute atomic E-state index is 0.0227. The van der Waals surface area contributed by atoms with Crippen molar-refractivity contribution >= 4 is 54.6 Å². The van der Waals surface area contributed by atoms with E-state index in [1.807, 2.05) is 0 Å². The normalized spacial score (nSPS) is 12.4. The molecule has 0 N–H and O–H groups in total. The van der Waals surface area contributed by atoms with Gasteiger partial charge in [0.25, 0.3) is 32.3 Å². The Kier molecular flexibility index (Phi) is 9.72. The van der Waals surface area contributed by atoms with Crippen LogP contribution in [0.5, 0.6) is 5.75 Å². The molecule has 0 saturated heterocycles. The lowest BCUT2D eigenvalue weighted by Crippen LogP contribution is -2.35. The third-order valence-corrected chi connectivity index (χ3v) is 10.0. The molecule has 0 aliphatic carbocycles. The van der Waals surface area contributed by atoms with Crippen LogP contribution >= 0.6 is 0 Å². The van der Waals surface area contributed by atoms with Gasteiger partial charge in [0, 0.05) is 22.9 Å². The molecule has 47 heavy (non-hydrogen) atoms. The third-order valence-electron chi connectivity index (χ3n) is 6.41. The van der Waals surface area contributed by atoms with Crippen LogP contribution in [0.4, 0.5) is 37.8 Å². The van der Waals surface area contributed by atoms with E-state index in [0.717, 1.165) is 46.9 Å². The molecule has 0 bridgehead atoms. The number of carbonyl (C=O) groups is 2. The van der Waals surface area contributed by atoms with E-state index >= 15 is 0 Å². The molecule has 19 heteroatoms. The van der Waals surface area contributed by atoms with Crippen LogP contribution in [-0.4, -0.2) is 59.9 Å². The van der Waals surface area contributed by atoms with Gasteiger partial charge in [0.05, 0.1) is 21.7 Å². The number of nitrogens with zero attached hydrogens (tertiary/aromatic N) is 3. The summed E-state index contributed by atoms with van der Waals surface area (Å²) in [4.78, 5) is 25.8. The second kappa shape index (κ2) is 13.1. The van der Waals surface area contributed by atoms with Gasteiger partial charge >= 0.3 is 12.5 Å². The second-order valence-electron chi connectivity index (χ2n) is 9.30. The summed E-state index contributed by atoms with van der Waals surface area (Å²) in [6.45, 7) is 0.213. The van der Waals surface area contributed by atoms with E-state index in [2.05, 4.69) is 9.72 Å². The van der Waals surface area contributed by atoms with Crippen LogP contribution in [0, 0.1) is 0 Å². The number of fused-ring (bicyclic) bond motifs is 1. The minimum Gasteiger partial charge on any atom is -0.445 e. The molecule has 1 aromatic heterocycles. The number of pyridine rings is 1. The number of benzene rings is 3. The van der Waals surface area contributed by atoms with Gasteiger partial charge in [0.1, 0.15) is 5.75 Å². The SMILES string of the molecule is CCN(c1cnc(N(COC=O)S(=O)(=O)c2ccc(C(=O)C(F)(F)F)cc2)c2ccccc12)S(=O)(=O)c1ccc(OC(F)(F)F)cc1. The number of hydrogen-bond donors (Lipinski definition) is 0. The topological polar surface area (TPSA) is 140 Å². The number of Topliss-reactive ketones (excluding diaryl/α,β-unsaturated/α-hetero) is 1. The first-order valence-corrected chi connectivity index (χ1v) is 15.9. The van der Waals surface area contributed by atoms with E-state index in [-0.39, 0.29) is 35.3 Å². The molecule has 0 radical (unpaired) electrons. The Morgan fingerprint density at radius 1 is 0.809 bits per heavy atom. The lowest BCUT2D eigenvalue weighted by molar-refractivity contribution is -0.274. The van der Waals surface area contributed by atoms with Crippen molar-refractivity contribution in [1.82, 2.24) is 4.98 Å². The van der Waals surface area contributed by atoms with Crippen molar-refractivity contribution < 1.29 is 62.2 Å². The summed E-state index contributed by atoms with van der Waals surface area (Å²) < 4.78 is 141. The van der Waals surface area contributed by atoms with Crippen LogP contribution in [-0.2, 0) is 29.6 Å². The zero-order chi connectivity index (χ0) is 34.8. The molecule has 1 heterocycles. The highest BCUT2D eigenvalue weighted by Crippen LogP contribution is 2.37. The van der Waals surface area contributed by atoms with Crippen LogP contribution in [0.2, 0.25) is 0 Å². The van der Waals surface area contributed by atoms with Gasteiger partial charge in [-0.3, -0.25) is 13.9 Å². The van der Waals surface area contributed by atoms with Crippen LogP contribution < -0.4 is 13.3 Å². The van der Waals surface area contributed by atoms with Gasteiger partial charge in [-0.2, -0.15) is 13.2 Å². The van der Waals surface area contributed by atoms with Gasteiger partial charge in [-0.05, 0) is 55.5 Å². The van der Waals surface area contributed by atoms with Crippen LogP contribution in [0.3, 0.4) is 0 Å². The highest BCUT2D eigenvalue weighted by molar-refractivity contribution is 7.93. The van der Waals surface area contributed by atoms with Gasteiger partial charge in [0.2, 0.25) is 0 Å². The quantitative estimate of drug-likeness (QED) is 0.0818. The molecule has 3 aromatic carbocycles. The number of anilines is 2. The van der Waals surface area contributed by atoms with E-state index in [0.29, 0.717) is 16.4 Å². The molecular weight excluding hydrogens is 684 g/mol. The summed E-state index contributed by atoms with van der Waals surface area (Å²) >= 11 is 0. The van der Waals surface area contributed by atoms with E-state index < -0.39 is 66.2 Å². The standard InChI is InChI=1S/C28H21F6N3O8S2/c1-2-36(46(40,41)21-13-9-19(10-14-21)45-28(32,33)34)24-15-35-26(23-6-4-3-5-22(23)24)37(16-44-17-38)47(42,43)20-11-7-18(8-12-20)25(39)27(29,30)31/h3-15,17H,2,16H2,1H3. The van der Waals surface area contributed by atoms with Crippen molar-refractivity contribution in [3.63, 3.8) is 0 Å². The van der Waals surface area contributed by atoms with E-state index in [1.165, 1.54) is 31.2 Å². The molecule has 0 spiro atoms. The number of sulfonamides is 2. The Morgan fingerprint density at radius 2 is 1.34 bits per heavy atom. The van der Waals surface area contributed by atoms with Crippen molar-refractivity contribution in [3.05, 3.63) is 84.6 Å². The van der Waals surface area contributed by atoms with Crippen molar-refractivity contribution in [3.8, 4) is 5.75 Å². The number of aromatic nitrogens is 1. The fraction of sp³-hybridized carbons (Fsp3) is 0.179. The number of hydrogen-bond acceptors (Lipinski definition) is 9. The van der Waals surface area contributed by atoms with Gasteiger partial charge in [-0.15, -0.1) is 13.2 Å². The van der Waals surface area contributed by atoms with Crippen LogP contribution in [0.1, 0.15) is 17.3 Å². The van der Waals surface area contributed by atoms with Crippen molar-refractivity contribution in [2.24, 2.45) is 0 Å². The highest BCUT2D eigenvalue weighted by atomic mass is 32.2. The Hall–Kier alpha value is -4.91. The predicted molar refractivity (Wildman–Crippen MR) is 154 cm³/mol. The van der Waals surface area contributed by atoms with Crippen LogP contribution in [0.25, 0.3) is 10.8 Å².